The molecule has 0 spiro atoms. The molecule has 0 saturated carbocycles. The number of aromatic nitrogens is 1. The van der Waals surface area contributed by atoms with Crippen molar-refractivity contribution < 1.29 is 9.90 Å². The molecule has 2 heterocycles. The molecule has 2 aromatic rings. The van der Waals surface area contributed by atoms with Crippen molar-refractivity contribution in [3.8, 4) is 6.07 Å². The molecule has 26 heavy (non-hydrogen) atoms. The Morgan fingerprint density at radius 3 is 2.69 bits per heavy atom. The number of nitrogens with one attached hydrogen (secondary N) is 1. The maximum Gasteiger partial charge on any atom is 0.258 e. The predicted molar refractivity (Wildman–Crippen MR) is 101 cm³/mol. The number of thioether (sulfide) groups is 1. The number of hydrogen-bond donors (Lipinski definition) is 3. The fraction of sp³-hybridized carbons (Fsp3) is 0.316. The second-order valence-electron chi connectivity index (χ2n) is 6.27. The number of pyridine rings is 1. The Labute approximate surface area is 156 Å². The van der Waals surface area contributed by atoms with Crippen molar-refractivity contribution in [2.75, 3.05) is 11.5 Å². The molecule has 4 N–H and O–H groups in total. The molecule has 1 aromatic heterocycles. The van der Waals surface area contributed by atoms with Crippen molar-refractivity contribution in [3.05, 3.63) is 52.1 Å². The summed E-state index contributed by atoms with van der Waals surface area (Å²) in [6, 6.07) is 9.25. The lowest BCUT2D eigenvalue weighted by atomic mass is 9.91. The Morgan fingerprint density at radius 1 is 1.38 bits per heavy atom. The average Bonchev–Trinajstić information content (AvgIpc) is 2.88. The summed E-state index contributed by atoms with van der Waals surface area (Å²) in [7, 11) is 0. The molecule has 1 atom stereocenters. The topological polar surface area (TPSA) is 112 Å². The van der Waals surface area contributed by atoms with E-state index in [1.165, 1.54) is 11.8 Å². The van der Waals surface area contributed by atoms with Crippen LogP contribution in [0.15, 0.2) is 29.3 Å². The highest BCUT2D eigenvalue weighted by molar-refractivity contribution is 7.99. The minimum absolute atomic E-state index is 0.0264. The van der Waals surface area contributed by atoms with E-state index in [0.717, 1.165) is 24.2 Å². The second kappa shape index (κ2) is 6.98. The van der Waals surface area contributed by atoms with Gasteiger partial charge in [-0.1, -0.05) is 43.2 Å². The van der Waals surface area contributed by atoms with Gasteiger partial charge in [-0.3, -0.25) is 4.79 Å². The first-order valence-corrected chi connectivity index (χ1v) is 9.39. The molecule has 7 heteroatoms. The van der Waals surface area contributed by atoms with Gasteiger partial charge in [0.1, 0.15) is 16.9 Å². The molecule has 1 aliphatic heterocycles. The molecule has 1 aliphatic rings. The summed E-state index contributed by atoms with van der Waals surface area (Å²) in [5, 5.41) is 24.1. The van der Waals surface area contributed by atoms with Gasteiger partial charge in [0, 0.05) is 11.1 Å². The van der Waals surface area contributed by atoms with Crippen molar-refractivity contribution in [1.82, 2.24) is 10.3 Å². The lowest BCUT2D eigenvalue weighted by molar-refractivity contribution is 0.0473. The number of benzene rings is 1. The van der Waals surface area contributed by atoms with Gasteiger partial charge < -0.3 is 16.2 Å². The van der Waals surface area contributed by atoms with Gasteiger partial charge in [-0.05, 0) is 19.1 Å². The SMILES string of the molecule is CCCCSc1nc(N)c2c(c1C#N)C(O)(c1ccc(C)cc1)NC2=O. The summed E-state index contributed by atoms with van der Waals surface area (Å²) >= 11 is 1.41. The van der Waals surface area contributed by atoms with Crippen LogP contribution < -0.4 is 11.1 Å². The Bertz CT molecular complexity index is 905. The number of unbranched alkanes of at least 4 members (excludes halogenated alkanes) is 1. The number of fused-ring (bicyclic) bond motifs is 1. The first-order chi connectivity index (χ1) is 12.4. The standard InChI is InChI=1S/C19H20N4O2S/c1-3-4-9-26-18-13(10-20)15-14(16(21)22-18)17(24)23-19(15,25)12-7-5-11(2)6-8-12/h5-8,25H,3-4,9H2,1-2H3,(H2,21,22)(H,23,24). The molecular weight excluding hydrogens is 348 g/mol. The number of hydrogen-bond acceptors (Lipinski definition) is 6. The van der Waals surface area contributed by atoms with E-state index in [0.29, 0.717) is 10.6 Å². The quantitative estimate of drug-likeness (QED) is 0.552. The van der Waals surface area contributed by atoms with Crippen molar-refractivity contribution in [2.45, 2.75) is 37.4 Å². The summed E-state index contributed by atoms with van der Waals surface area (Å²) in [6.45, 7) is 4.01. The van der Waals surface area contributed by atoms with Crippen LogP contribution in [0.25, 0.3) is 0 Å². The summed E-state index contributed by atoms with van der Waals surface area (Å²) < 4.78 is 0. The zero-order valence-corrected chi connectivity index (χ0v) is 15.5. The Kier molecular flexibility index (Phi) is 4.90. The van der Waals surface area contributed by atoms with E-state index < -0.39 is 11.6 Å². The van der Waals surface area contributed by atoms with Gasteiger partial charge >= 0.3 is 0 Å². The first kappa shape index (κ1) is 18.2. The fourth-order valence-corrected chi connectivity index (χ4v) is 4.08. The number of nitrogen functional groups attached to an aromatic ring is 1. The van der Waals surface area contributed by atoms with Crippen LogP contribution in [-0.2, 0) is 5.72 Å². The van der Waals surface area contributed by atoms with Crippen molar-refractivity contribution in [3.63, 3.8) is 0 Å². The van der Waals surface area contributed by atoms with Gasteiger partial charge in [-0.15, -0.1) is 11.8 Å². The lowest BCUT2D eigenvalue weighted by Gasteiger charge is -2.26. The van der Waals surface area contributed by atoms with Crippen LogP contribution >= 0.6 is 11.8 Å². The number of anilines is 1. The van der Waals surface area contributed by atoms with Crippen LogP contribution in [0.5, 0.6) is 0 Å². The largest absolute Gasteiger partial charge is 0.383 e. The van der Waals surface area contributed by atoms with E-state index >= 15 is 0 Å². The van der Waals surface area contributed by atoms with Crippen LogP contribution in [0.2, 0.25) is 0 Å². The number of nitrogens with zero attached hydrogens (tertiary/aromatic N) is 2. The minimum Gasteiger partial charge on any atom is -0.383 e. The minimum atomic E-state index is -1.80. The zero-order valence-electron chi connectivity index (χ0n) is 14.7. The van der Waals surface area contributed by atoms with Gasteiger partial charge in [-0.25, -0.2) is 4.98 Å². The zero-order chi connectivity index (χ0) is 18.9. The molecule has 0 radical (unpaired) electrons. The molecule has 1 unspecified atom stereocenters. The summed E-state index contributed by atoms with van der Waals surface area (Å²) in [5.74, 6) is 0.272. The summed E-state index contributed by atoms with van der Waals surface area (Å²) in [4.78, 5) is 16.7. The number of carbonyl (C=O) groups is 1. The molecule has 3 rings (SSSR count). The van der Waals surface area contributed by atoms with E-state index in [2.05, 4.69) is 23.3 Å². The number of amides is 1. The number of nitriles is 1. The molecule has 1 amide bonds. The molecule has 0 fully saturated rings. The fourth-order valence-electron chi connectivity index (χ4n) is 2.99. The van der Waals surface area contributed by atoms with Gasteiger partial charge in [0.05, 0.1) is 11.1 Å². The van der Waals surface area contributed by atoms with Gasteiger partial charge in [0.2, 0.25) is 0 Å². The Hall–Kier alpha value is -2.56. The van der Waals surface area contributed by atoms with Gasteiger partial charge in [0.15, 0.2) is 5.72 Å². The van der Waals surface area contributed by atoms with E-state index in [-0.39, 0.29) is 22.5 Å². The van der Waals surface area contributed by atoms with Gasteiger partial charge in [-0.2, -0.15) is 5.26 Å². The van der Waals surface area contributed by atoms with E-state index in [1.807, 2.05) is 19.1 Å². The number of nitrogens with two attached hydrogens (primary N) is 1. The van der Waals surface area contributed by atoms with E-state index in [1.54, 1.807) is 12.1 Å². The van der Waals surface area contributed by atoms with Crippen LogP contribution in [0.1, 0.15) is 52.4 Å². The summed E-state index contributed by atoms with van der Waals surface area (Å²) in [5.41, 5.74) is 6.16. The third kappa shape index (κ3) is 2.91. The molecule has 134 valence electrons. The third-order valence-corrected chi connectivity index (χ3v) is 5.45. The lowest BCUT2D eigenvalue weighted by Crippen LogP contribution is -2.40. The number of rotatable bonds is 5. The molecule has 0 aliphatic carbocycles. The second-order valence-corrected chi connectivity index (χ2v) is 7.36. The Balaban J connectivity index is 2.20. The maximum atomic E-state index is 12.5. The van der Waals surface area contributed by atoms with E-state index in [4.69, 9.17) is 5.73 Å². The van der Waals surface area contributed by atoms with Crippen LogP contribution in [0, 0.1) is 18.3 Å². The van der Waals surface area contributed by atoms with Crippen molar-refractivity contribution in [1.29, 1.82) is 5.26 Å². The number of aryl methyl sites for hydroxylation is 1. The predicted octanol–water partition coefficient (Wildman–Crippen LogP) is 2.67. The first-order valence-electron chi connectivity index (χ1n) is 8.41. The molecule has 6 nitrogen and oxygen atoms in total. The summed E-state index contributed by atoms with van der Waals surface area (Å²) in [6.07, 6.45) is 1.98. The van der Waals surface area contributed by atoms with Crippen LogP contribution in [-0.4, -0.2) is 21.8 Å². The third-order valence-electron chi connectivity index (χ3n) is 4.39. The number of carbonyl (C=O) groups excluding carboxylic acids is 1. The highest BCUT2D eigenvalue weighted by Crippen LogP contribution is 2.42. The van der Waals surface area contributed by atoms with Crippen molar-refractivity contribution >= 4 is 23.5 Å². The number of aliphatic hydroxyl groups is 1. The normalized spacial score (nSPS) is 18.3. The highest BCUT2D eigenvalue weighted by Gasteiger charge is 2.47. The van der Waals surface area contributed by atoms with Crippen LogP contribution in [0.3, 0.4) is 0 Å². The smallest absolute Gasteiger partial charge is 0.258 e. The van der Waals surface area contributed by atoms with Crippen LogP contribution in [0.4, 0.5) is 5.82 Å². The highest BCUT2D eigenvalue weighted by atomic mass is 32.2. The average molecular weight is 368 g/mol. The molecular formula is C19H20N4O2S. The maximum absolute atomic E-state index is 12.5. The Morgan fingerprint density at radius 2 is 2.08 bits per heavy atom. The van der Waals surface area contributed by atoms with Gasteiger partial charge in [0.25, 0.3) is 5.91 Å². The molecule has 1 aromatic carbocycles. The van der Waals surface area contributed by atoms with E-state index in [9.17, 15) is 15.2 Å². The monoisotopic (exact) mass is 368 g/mol. The molecule has 0 bridgehead atoms. The van der Waals surface area contributed by atoms with Crippen molar-refractivity contribution in [2.24, 2.45) is 0 Å². The molecule has 0 saturated heterocycles.